The largest absolute Gasteiger partial charge is 0.310 e. The molecule has 5 nitrogen and oxygen atoms in total. The molecule has 0 saturated carbocycles. The third-order valence-corrected chi connectivity index (χ3v) is 22.7. The van der Waals surface area contributed by atoms with E-state index >= 15 is 0 Å². The van der Waals surface area contributed by atoms with E-state index in [9.17, 15) is 0 Å². The second-order valence-corrected chi connectivity index (χ2v) is 26.1. The minimum Gasteiger partial charge on any atom is -0.310 e. The first-order chi connectivity index (χ1) is 40.7. The van der Waals surface area contributed by atoms with Crippen molar-refractivity contribution < 1.29 is 0 Å². The molecule has 6 heteroatoms. The molecule has 0 saturated heterocycles. The first-order valence-corrected chi connectivity index (χ1v) is 31.3. The van der Waals surface area contributed by atoms with Crippen molar-refractivity contribution in [1.82, 2.24) is 14.5 Å². The van der Waals surface area contributed by atoms with E-state index in [2.05, 4.69) is 312 Å². The van der Waals surface area contributed by atoms with E-state index in [4.69, 9.17) is 9.97 Å². The van der Waals surface area contributed by atoms with Gasteiger partial charge >= 0.3 is 252 Å². The second kappa shape index (κ2) is 20.0. The van der Waals surface area contributed by atoms with Gasteiger partial charge in [-0.1, -0.05) is 103 Å². The number of para-hydroxylation sites is 6. The summed E-state index contributed by atoms with van der Waals surface area (Å²) < 4.78 is 6.92. The Balaban J connectivity index is 0.767. The van der Waals surface area contributed by atoms with Gasteiger partial charge in [-0.2, -0.15) is 0 Å². The van der Waals surface area contributed by atoms with Gasteiger partial charge in [0.1, 0.15) is 0 Å². The Morgan fingerprint density at radius 2 is 0.866 bits per heavy atom. The Hall–Kier alpha value is -9.89. The zero-order valence-corrected chi connectivity index (χ0v) is 46.8. The van der Waals surface area contributed by atoms with Crippen molar-refractivity contribution >= 4 is 103 Å². The van der Waals surface area contributed by atoms with Gasteiger partial charge in [-0.25, -0.2) is 0 Å². The molecule has 1 atom stereocenters. The summed E-state index contributed by atoms with van der Waals surface area (Å²) in [6.45, 7) is 0. The van der Waals surface area contributed by atoms with Gasteiger partial charge < -0.3 is 9.47 Å². The molecule has 82 heavy (non-hydrogen) atoms. The zero-order chi connectivity index (χ0) is 54.1. The summed E-state index contributed by atoms with van der Waals surface area (Å²) in [6.07, 6.45) is 7.77. The first-order valence-electron chi connectivity index (χ1n) is 28.1. The number of anilines is 5. The van der Waals surface area contributed by atoms with Crippen LogP contribution in [0.5, 0.6) is 0 Å². The van der Waals surface area contributed by atoms with Crippen molar-refractivity contribution in [2.45, 2.75) is 12.3 Å². The molecule has 0 spiro atoms. The number of aromatic nitrogens is 3. The number of hydrogen-bond acceptors (Lipinski definition) is 4. The Morgan fingerprint density at radius 1 is 0.378 bits per heavy atom. The van der Waals surface area contributed by atoms with Crippen LogP contribution in [0.4, 0.5) is 28.4 Å². The molecule has 0 radical (unpaired) electrons. The van der Waals surface area contributed by atoms with Crippen LogP contribution < -0.4 is 9.80 Å². The molecule has 12 aromatic carbocycles. The van der Waals surface area contributed by atoms with Crippen LogP contribution in [0.1, 0.15) is 18.0 Å². The molecular weight excluding hydrogens is 1110 g/mol. The number of hydrogen-bond donors (Lipinski definition) is 0. The quantitative estimate of drug-likeness (QED) is 0.128. The van der Waals surface area contributed by atoms with Crippen LogP contribution >= 0.6 is 19.8 Å². The van der Waals surface area contributed by atoms with Gasteiger partial charge in [0.15, 0.2) is 0 Å². The predicted octanol–water partition coefficient (Wildman–Crippen LogP) is 20.3. The van der Waals surface area contributed by atoms with E-state index < -0.39 is 19.8 Å². The van der Waals surface area contributed by atoms with Gasteiger partial charge in [0, 0.05) is 32.9 Å². The number of rotatable bonds is 10. The van der Waals surface area contributed by atoms with Crippen LogP contribution in [-0.2, 0) is 0 Å². The average Bonchev–Trinajstić information content (AvgIpc) is 4.14. The first kappa shape index (κ1) is 48.1. The summed E-state index contributed by atoms with van der Waals surface area (Å²) in [6, 6.07) is 102. The molecule has 1 unspecified atom stereocenters. The summed E-state index contributed by atoms with van der Waals surface area (Å²) >= 11 is -2.02. The maximum atomic E-state index is 5.47. The van der Waals surface area contributed by atoms with E-state index in [1.807, 2.05) is 0 Å². The van der Waals surface area contributed by atoms with E-state index in [1.165, 1.54) is 65.2 Å². The van der Waals surface area contributed by atoms with Crippen molar-refractivity contribution in [3.8, 4) is 28.1 Å². The summed E-state index contributed by atoms with van der Waals surface area (Å²) in [4.78, 5) is 15.7. The van der Waals surface area contributed by atoms with Crippen LogP contribution in [0.3, 0.4) is 0 Å². The molecule has 0 fully saturated rings. The second-order valence-electron chi connectivity index (χ2n) is 21.0. The third-order valence-electron chi connectivity index (χ3n) is 16.4. The van der Waals surface area contributed by atoms with Crippen molar-refractivity contribution in [3.63, 3.8) is 0 Å². The smallest absolute Gasteiger partial charge is 0.0542 e. The fraction of sp³-hybridized carbons (Fsp3) is 0.0263. The van der Waals surface area contributed by atoms with Crippen LogP contribution in [-0.4, -0.2) is 14.5 Å². The fourth-order valence-electron chi connectivity index (χ4n) is 12.7. The van der Waals surface area contributed by atoms with E-state index in [-0.39, 0.29) is 5.92 Å². The molecule has 2 aliphatic rings. The minimum absolute atomic E-state index is 0.0175. The summed E-state index contributed by atoms with van der Waals surface area (Å²) in [5, 5.41) is 7.41. The monoisotopic (exact) mass is 1160 g/mol. The Labute approximate surface area is 483 Å². The molecule has 0 bridgehead atoms. The van der Waals surface area contributed by atoms with Crippen molar-refractivity contribution in [2.75, 3.05) is 9.80 Å². The molecule has 16 rings (SSSR count). The van der Waals surface area contributed by atoms with Crippen molar-refractivity contribution in [1.29, 1.82) is 0 Å². The Bertz CT molecular complexity index is 4770. The van der Waals surface area contributed by atoms with Crippen molar-refractivity contribution in [2.24, 2.45) is 0 Å². The zero-order valence-electron chi connectivity index (χ0n) is 44.7. The number of halogens is 1. The molecule has 388 valence electrons. The van der Waals surface area contributed by atoms with Gasteiger partial charge in [0.25, 0.3) is 0 Å². The van der Waals surface area contributed by atoms with Gasteiger partial charge in [-0.15, -0.1) is 0 Å². The molecule has 0 amide bonds. The van der Waals surface area contributed by atoms with Crippen LogP contribution in [0.2, 0.25) is 0 Å². The summed E-state index contributed by atoms with van der Waals surface area (Å²) in [5.41, 5.74) is 17.6. The van der Waals surface area contributed by atoms with Gasteiger partial charge in [0.05, 0.1) is 27.9 Å². The molecular formula is C76H52IN5. The van der Waals surface area contributed by atoms with Gasteiger partial charge in [-0.05, 0) is 61.0 Å². The standard InChI is InChI=1S/C76H52IN5/c1-3-21-53(22-4-1)80(72-48-47-67(59-27-7-8-28-60(59)72)77-65-33-15-11-25-57(65)58-26-12-16-34-66(58)77)55-43-39-51(40-44-55)75-76(79-69-36-18-17-35-68(69)78-75)52-41-45-56(46-42-52)81(54-23-5-2-6-24-54)73-49-50-74(64-30-10-9-29-63(64)73)82-70-37-19-13-31-61(70)62-32-14-20-38-71(62)82/h1-41,43-50,52H,42H2. The van der Waals surface area contributed by atoms with Gasteiger partial charge in [-0.3, -0.25) is 0 Å². The van der Waals surface area contributed by atoms with Crippen LogP contribution in [0, 0.1) is 10.7 Å². The van der Waals surface area contributed by atoms with E-state index in [0.29, 0.717) is 0 Å². The molecule has 3 heterocycles. The van der Waals surface area contributed by atoms with Gasteiger partial charge in [0.2, 0.25) is 0 Å². The molecule has 14 aromatic rings. The molecule has 1 aliphatic carbocycles. The average molecular weight is 1160 g/mol. The van der Waals surface area contributed by atoms with Crippen LogP contribution in [0.25, 0.3) is 82.5 Å². The Morgan fingerprint density at radius 3 is 1.50 bits per heavy atom. The third kappa shape index (κ3) is 7.96. The summed E-state index contributed by atoms with van der Waals surface area (Å²) in [7, 11) is 0. The van der Waals surface area contributed by atoms with Crippen molar-refractivity contribution in [3.05, 3.63) is 319 Å². The predicted molar refractivity (Wildman–Crippen MR) is 351 cm³/mol. The number of nitrogens with zero attached hydrogens (tertiary/aromatic N) is 5. The van der Waals surface area contributed by atoms with E-state index in [1.54, 1.807) is 0 Å². The molecule has 0 N–H and O–H groups in total. The minimum atomic E-state index is -2.02. The maximum absolute atomic E-state index is 5.47. The number of fused-ring (bicyclic) bond motifs is 9. The topological polar surface area (TPSA) is 37.2 Å². The molecule has 1 aliphatic heterocycles. The van der Waals surface area contributed by atoms with E-state index in [0.717, 1.165) is 74.2 Å². The SMILES string of the molecule is C1=CC(c2nc3ccccc3nc2-c2ccc(N(c3ccccc3)c3ccc(I4c5ccccc5-c5ccccc54)c4ccccc34)cc2)CC=C1N(c1ccccc1)c1ccc(-n2c3ccccc3c3ccccc32)c2ccccc12. The number of allylic oxidation sites excluding steroid dienone is 3. The maximum Gasteiger partial charge on any atom is 0.0542 e. The van der Waals surface area contributed by atoms with Crippen LogP contribution in [0.15, 0.2) is 303 Å². The normalized spacial score (nSPS) is 14.1. The fourth-order valence-corrected chi connectivity index (χ4v) is 19.4. The Kier molecular flexibility index (Phi) is 11.7. The number of benzene rings is 12. The summed E-state index contributed by atoms with van der Waals surface area (Å²) in [5.74, 6) is -0.0175. The molecule has 2 aromatic heterocycles.